The minimum atomic E-state index is 0.857. The number of aryl methyl sites for hydroxylation is 1. The Morgan fingerprint density at radius 3 is 3.27 bits per heavy atom. The number of rotatable bonds is 5. The highest BCUT2D eigenvalue weighted by atomic mass is 32.2. The standard InChI is InChI=1S/C12H20N2S/c1-2-14-7-3-5-11(14)9-13-10-12-6-4-8-15-12/h3,5,7,12-13H,2,4,6,8-10H2,1H3. The lowest BCUT2D eigenvalue weighted by molar-refractivity contribution is 0.608. The Morgan fingerprint density at radius 1 is 1.60 bits per heavy atom. The van der Waals surface area contributed by atoms with Gasteiger partial charge >= 0.3 is 0 Å². The molecule has 0 bridgehead atoms. The van der Waals surface area contributed by atoms with E-state index in [9.17, 15) is 0 Å². The number of nitrogens with zero attached hydrogens (tertiary/aromatic N) is 1. The fourth-order valence-corrected chi connectivity index (χ4v) is 3.32. The molecule has 1 unspecified atom stereocenters. The number of hydrogen-bond acceptors (Lipinski definition) is 2. The van der Waals surface area contributed by atoms with Crippen molar-refractivity contribution < 1.29 is 0 Å². The van der Waals surface area contributed by atoms with Crippen LogP contribution in [-0.4, -0.2) is 22.1 Å². The predicted octanol–water partition coefficient (Wildman–Crippen LogP) is 2.49. The Balaban J connectivity index is 1.73. The maximum atomic E-state index is 3.56. The summed E-state index contributed by atoms with van der Waals surface area (Å²) < 4.78 is 2.30. The van der Waals surface area contributed by atoms with Crippen LogP contribution in [0.5, 0.6) is 0 Å². The normalized spacial score (nSPS) is 21.0. The van der Waals surface area contributed by atoms with Gasteiger partial charge in [0.1, 0.15) is 0 Å². The zero-order chi connectivity index (χ0) is 10.5. The van der Waals surface area contributed by atoms with E-state index in [1.54, 1.807) is 0 Å². The Morgan fingerprint density at radius 2 is 2.53 bits per heavy atom. The molecule has 0 radical (unpaired) electrons. The second-order valence-corrected chi connectivity index (χ2v) is 5.46. The van der Waals surface area contributed by atoms with Gasteiger partial charge in [0.15, 0.2) is 0 Å². The first-order valence-corrected chi connectivity index (χ1v) is 6.91. The van der Waals surface area contributed by atoms with Gasteiger partial charge in [-0.3, -0.25) is 0 Å². The summed E-state index contributed by atoms with van der Waals surface area (Å²) in [5.74, 6) is 1.36. The van der Waals surface area contributed by atoms with Crippen molar-refractivity contribution in [3.8, 4) is 0 Å². The van der Waals surface area contributed by atoms with Gasteiger partial charge in [-0.2, -0.15) is 11.8 Å². The Hall–Kier alpha value is -0.410. The molecule has 0 aromatic carbocycles. The maximum absolute atomic E-state index is 3.56. The molecular formula is C12H20N2S. The maximum Gasteiger partial charge on any atom is 0.0359 e. The molecule has 15 heavy (non-hydrogen) atoms. The van der Waals surface area contributed by atoms with E-state index >= 15 is 0 Å². The van der Waals surface area contributed by atoms with Crippen molar-refractivity contribution in [3.63, 3.8) is 0 Å². The molecular weight excluding hydrogens is 204 g/mol. The van der Waals surface area contributed by atoms with E-state index in [1.165, 1.54) is 30.8 Å². The van der Waals surface area contributed by atoms with Crippen LogP contribution in [0.15, 0.2) is 18.3 Å². The van der Waals surface area contributed by atoms with E-state index in [-0.39, 0.29) is 0 Å². The van der Waals surface area contributed by atoms with Crippen LogP contribution >= 0.6 is 11.8 Å². The van der Waals surface area contributed by atoms with Gasteiger partial charge in [-0.05, 0) is 37.7 Å². The van der Waals surface area contributed by atoms with E-state index < -0.39 is 0 Å². The van der Waals surface area contributed by atoms with Gasteiger partial charge in [-0.25, -0.2) is 0 Å². The smallest absolute Gasteiger partial charge is 0.0359 e. The molecule has 3 heteroatoms. The summed E-state index contributed by atoms with van der Waals surface area (Å²) in [5, 5.41) is 4.42. The zero-order valence-electron chi connectivity index (χ0n) is 9.41. The summed E-state index contributed by atoms with van der Waals surface area (Å²) in [6, 6.07) is 4.34. The van der Waals surface area contributed by atoms with Crippen molar-refractivity contribution in [2.24, 2.45) is 0 Å². The molecule has 84 valence electrons. The van der Waals surface area contributed by atoms with Gasteiger partial charge in [-0.1, -0.05) is 0 Å². The zero-order valence-corrected chi connectivity index (χ0v) is 10.2. The van der Waals surface area contributed by atoms with Gasteiger partial charge in [0.05, 0.1) is 0 Å². The van der Waals surface area contributed by atoms with E-state index in [4.69, 9.17) is 0 Å². The Kier molecular flexibility index (Phi) is 4.15. The average Bonchev–Trinajstić information content (AvgIpc) is 2.88. The summed E-state index contributed by atoms with van der Waals surface area (Å²) in [5.41, 5.74) is 1.40. The summed E-state index contributed by atoms with van der Waals surface area (Å²) >= 11 is 2.12. The molecule has 2 heterocycles. The largest absolute Gasteiger partial charge is 0.351 e. The highest BCUT2D eigenvalue weighted by Gasteiger charge is 2.14. The molecule has 1 atom stereocenters. The van der Waals surface area contributed by atoms with Crippen LogP contribution < -0.4 is 5.32 Å². The minimum Gasteiger partial charge on any atom is -0.351 e. The molecule has 1 aliphatic rings. The van der Waals surface area contributed by atoms with Gasteiger partial charge in [0.2, 0.25) is 0 Å². The monoisotopic (exact) mass is 224 g/mol. The third-order valence-electron chi connectivity index (χ3n) is 2.97. The Bertz CT molecular complexity index is 290. The number of nitrogens with one attached hydrogen (secondary N) is 1. The fraction of sp³-hybridized carbons (Fsp3) is 0.667. The SMILES string of the molecule is CCn1cccc1CNCC1CCCS1. The van der Waals surface area contributed by atoms with Crippen molar-refractivity contribution in [2.75, 3.05) is 12.3 Å². The summed E-state index contributed by atoms with van der Waals surface area (Å²) in [7, 11) is 0. The topological polar surface area (TPSA) is 17.0 Å². The lowest BCUT2D eigenvalue weighted by atomic mass is 10.2. The van der Waals surface area contributed by atoms with Crippen LogP contribution in [0.25, 0.3) is 0 Å². The molecule has 1 aliphatic heterocycles. The van der Waals surface area contributed by atoms with E-state index in [0.29, 0.717) is 0 Å². The van der Waals surface area contributed by atoms with Crippen LogP contribution in [0, 0.1) is 0 Å². The summed E-state index contributed by atoms with van der Waals surface area (Å²) in [6.45, 7) is 5.44. The molecule has 0 amide bonds. The molecule has 0 saturated carbocycles. The quantitative estimate of drug-likeness (QED) is 0.827. The van der Waals surface area contributed by atoms with Crippen molar-refractivity contribution in [1.82, 2.24) is 9.88 Å². The van der Waals surface area contributed by atoms with Crippen LogP contribution in [-0.2, 0) is 13.1 Å². The number of thioether (sulfide) groups is 1. The second kappa shape index (κ2) is 5.61. The first-order valence-electron chi connectivity index (χ1n) is 5.86. The van der Waals surface area contributed by atoms with Crippen LogP contribution in [0.2, 0.25) is 0 Å². The average molecular weight is 224 g/mol. The third kappa shape index (κ3) is 3.02. The molecule has 1 fully saturated rings. The first kappa shape index (κ1) is 11.1. The van der Waals surface area contributed by atoms with E-state index in [1.807, 2.05) is 0 Å². The van der Waals surface area contributed by atoms with Gasteiger partial charge in [0, 0.05) is 36.8 Å². The molecule has 2 nitrogen and oxygen atoms in total. The van der Waals surface area contributed by atoms with Gasteiger partial charge in [0.25, 0.3) is 0 Å². The predicted molar refractivity (Wildman–Crippen MR) is 67.3 cm³/mol. The van der Waals surface area contributed by atoms with Crippen molar-refractivity contribution in [1.29, 1.82) is 0 Å². The molecule has 1 saturated heterocycles. The van der Waals surface area contributed by atoms with Crippen LogP contribution in [0.1, 0.15) is 25.5 Å². The lowest BCUT2D eigenvalue weighted by Crippen LogP contribution is -2.23. The molecule has 1 aromatic heterocycles. The highest BCUT2D eigenvalue weighted by Crippen LogP contribution is 2.25. The minimum absolute atomic E-state index is 0.857. The highest BCUT2D eigenvalue weighted by molar-refractivity contribution is 8.00. The van der Waals surface area contributed by atoms with Crippen molar-refractivity contribution in [3.05, 3.63) is 24.0 Å². The molecule has 1 aromatic rings. The Labute approximate surface area is 96.4 Å². The summed E-state index contributed by atoms with van der Waals surface area (Å²) in [6.07, 6.45) is 4.95. The number of aromatic nitrogens is 1. The first-order chi connectivity index (χ1) is 7.40. The van der Waals surface area contributed by atoms with Crippen LogP contribution in [0.4, 0.5) is 0 Å². The van der Waals surface area contributed by atoms with Crippen molar-refractivity contribution in [2.45, 2.75) is 38.1 Å². The molecule has 0 aliphatic carbocycles. The van der Waals surface area contributed by atoms with E-state index in [0.717, 1.165) is 18.3 Å². The molecule has 0 spiro atoms. The lowest BCUT2D eigenvalue weighted by Gasteiger charge is -2.11. The molecule has 1 N–H and O–H groups in total. The van der Waals surface area contributed by atoms with Crippen molar-refractivity contribution >= 4 is 11.8 Å². The molecule has 2 rings (SSSR count). The summed E-state index contributed by atoms with van der Waals surface area (Å²) in [4.78, 5) is 0. The van der Waals surface area contributed by atoms with Gasteiger partial charge < -0.3 is 9.88 Å². The number of hydrogen-bond donors (Lipinski definition) is 1. The second-order valence-electron chi connectivity index (χ2n) is 4.05. The van der Waals surface area contributed by atoms with E-state index in [2.05, 4.69) is 46.9 Å². The van der Waals surface area contributed by atoms with Crippen LogP contribution in [0.3, 0.4) is 0 Å². The fourth-order valence-electron chi connectivity index (χ4n) is 2.08. The van der Waals surface area contributed by atoms with Gasteiger partial charge in [-0.15, -0.1) is 0 Å². The third-order valence-corrected chi connectivity index (χ3v) is 4.36.